The molecule has 4 heteroatoms. The first-order valence-corrected chi connectivity index (χ1v) is 7.67. The molecule has 1 saturated heterocycles. The number of nitrogens with zero attached hydrogens (tertiary/aromatic N) is 2. The van der Waals surface area contributed by atoms with E-state index in [4.69, 9.17) is 10.1 Å². The minimum absolute atomic E-state index is 0.00827. The zero-order valence-corrected chi connectivity index (χ0v) is 12.2. The lowest BCUT2D eigenvalue weighted by Gasteiger charge is -2.34. The Balaban J connectivity index is 1.94. The third-order valence-electron chi connectivity index (χ3n) is 4.31. The molecule has 112 valence electrons. The van der Waals surface area contributed by atoms with Crippen LogP contribution in [0.1, 0.15) is 24.8 Å². The summed E-state index contributed by atoms with van der Waals surface area (Å²) in [5, 5.41) is 19.9. The van der Waals surface area contributed by atoms with Gasteiger partial charge in [0.05, 0.1) is 12.1 Å². The molecule has 0 saturated carbocycles. The number of rotatable bonds is 4. The monoisotopic (exact) mass is 286 g/mol. The molecule has 1 aromatic carbocycles. The van der Waals surface area contributed by atoms with Gasteiger partial charge in [-0.3, -0.25) is 0 Å². The van der Waals surface area contributed by atoms with Gasteiger partial charge in [0.15, 0.2) is 0 Å². The molecule has 1 aliphatic rings. The van der Waals surface area contributed by atoms with Gasteiger partial charge in [0, 0.05) is 30.6 Å². The Hall–Kier alpha value is -1.65. The molecule has 0 amide bonds. The highest BCUT2D eigenvalue weighted by Gasteiger charge is 2.22. The maximum atomic E-state index is 9.67. The molecule has 2 heterocycles. The van der Waals surface area contributed by atoms with Gasteiger partial charge < -0.3 is 15.1 Å². The predicted octanol–water partition coefficient (Wildman–Crippen LogP) is 2.33. The number of para-hydroxylation sites is 1. The van der Waals surface area contributed by atoms with Gasteiger partial charge in [0.1, 0.15) is 5.82 Å². The fraction of sp³-hybridized carbons (Fsp3) is 0.471. The van der Waals surface area contributed by atoms with Crippen molar-refractivity contribution in [3.05, 3.63) is 35.9 Å². The minimum Gasteiger partial charge on any atom is -0.396 e. The molecule has 2 aromatic rings. The summed E-state index contributed by atoms with van der Waals surface area (Å²) in [6.07, 6.45) is 3.13. The number of piperidine rings is 1. The van der Waals surface area contributed by atoms with E-state index in [1.807, 2.05) is 30.3 Å². The Morgan fingerprint density at radius 3 is 2.90 bits per heavy atom. The molecule has 3 rings (SSSR count). The summed E-state index contributed by atoms with van der Waals surface area (Å²) in [6, 6.07) is 10.0. The SMILES string of the molecule is OCC[C@H]1CCCN(c2nc3ccccc3cc2CO)C1. The summed E-state index contributed by atoms with van der Waals surface area (Å²) in [7, 11) is 0. The molecule has 1 aromatic heterocycles. The first-order chi connectivity index (χ1) is 10.3. The van der Waals surface area contributed by atoms with Crippen LogP contribution in [0.4, 0.5) is 5.82 Å². The van der Waals surface area contributed by atoms with Gasteiger partial charge in [-0.05, 0) is 37.3 Å². The Bertz CT molecular complexity index is 613. The Kier molecular flexibility index (Phi) is 4.36. The van der Waals surface area contributed by atoms with Crippen molar-refractivity contribution in [2.75, 3.05) is 24.6 Å². The Labute approximate surface area is 125 Å². The first kappa shape index (κ1) is 14.3. The molecule has 0 unspecified atom stereocenters. The lowest BCUT2D eigenvalue weighted by Crippen LogP contribution is -2.37. The molecule has 0 radical (unpaired) electrons. The van der Waals surface area contributed by atoms with Crippen LogP contribution in [0.5, 0.6) is 0 Å². The summed E-state index contributed by atoms with van der Waals surface area (Å²) >= 11 is 0. The van der Waals surface area contributed by atoms with Crippen molar-refractivity contribution in [3.8, 4) is 0 Å². The lowest BCUT2D eigenvalue weighted by atomic mass is 9.95. The van der Waals surface area contributed by atoms with Crippen LogP contribution < -0.4 is 4.90 Å². The average molecular weight is 286 g/mol. The molecule has 1 aliphatic heterocycles. The molecule has 2 N–H and O–H groups in total. The molecular weight excluding hydrogens is 264 g/mol. The third-order valence-corrected chi connectivity index (χ3v) is 4.31. The topological polar surface area (TPSA) is 56.6 Å². The third kappa shape index (κ3) is 3.01. The van der Waals surface area contributed by atoms with Gasteiger partial charge in [-0.25, -0.2) is 4.98 Å². The zero-order valence-electron chi connectivity index (χ0n) is 12.2. The minimum atomic E-state index is 0.00827. The maximum absolute atomic E-state index is 9.67. The average Bonchev–Trinajstić information content (AvgIpc) is 2.54. The molecule has 1 atom stereocenters. The van der Waals surface area contributed by atoms with Crippen molar-refractivity contribution in [2.45, 2.75) is 25.9 Å². The van der Waals surface area contributed by atoms with E-state index in [1.54, 1.807) is 0 Å². The van der Waals surface area contributed by atoms with E-state index < -0.39 is 0 Å². The molecule has 0 spiro atoms. The zero-order chi connectivity index (χ0) is 14.7. The van der Waals surface area contributed by atoms with E-state index in [0.29, 0.717) is 5.92 Å². The molecule has 0 aliphatic carbocycles. The van der Waals surface area contributed by atoms with Crippen LogP contribution >= 0.6 is 0 Å². The van der Waals surface area contributed by atoms with E-state index in [-0.39, 0.29) is 13.2 Å². The molecular formula is C17H22N2O2. The molecule has 21 heavy (non-hydrogen) atoms. The number of pyridine rings is 1. The largest absolute Gasteiger partial charge is 0.396 e. The van der Waals surface area contributed by atoms with E-state index in [2.05, 4.69) is 4.90 Å². The summed E-state index contributed by atoms with van der Waals surface area (Å²) < 4.78 is 0. The molecule has 1 fully saturated rings. The van der Waals surface area contributed by atoms with Crippen LogP contribution in [0.15, 0.2) is 30.3 Å². The van der Waals surface area contributed by atoms with Crippen molar-refractivity contribution in [1.82, 2.24) is 4.98 Å². The quantitative estimate of drug-likeness (QED) is 0.905. The number of anilines is 1. The predicted molar refractivity (Wildman–Crippen MR) is 84.3 cm³/mol. The maximum Gasteiger partial charge on any atom is 0.134 e. The summed E-state index contributed by atoms with van der Waals surface area (Å²) in [6.45, 7) is 2.14. The number of hydrogen-bond acceptors (Lipinski definition) is 4. The second-order valence-electron chi connectivity index (χ2n) is 5.79. The van der Waals surface area contributed by atoms with Crippen molar-refractivity contribution in [2.24, 2.45) is 5.92 Å². The number of benzene rings is 1. The fourth-order valence-corrected chi connectivity index (χ4v) is 3.22. The normalized spacial score (nSPS) is 19.1. The van der Waals surface area contributed by atoms with Gasteiger partial charge in [0.25, 0.3) is 0 Å². The van der Waals surface area contributed by atoms with Crippen LogP contribution in [-0.4, -0.2) is 34.9 Å². The first-order valence-electron chi connectivity index (χ1n) is 7.67. The second kappa shape index (κ2) is 6.41. The van der Waals surface area contributed by atoms with Gasteiger partial charge in [-0.2, -0.15) is 0 Å². The van der Waals surface area contributed by atoms with Gasteiger partial charge in [0.2, 0.25) is 0 Å². The van der Waals surface area contributed by atoms with E-state index in [1.165, 1.54) is 6.42 Å². The van der Waals surface area contributed by atoms with Crippen LogP contribution in [0.25, 0.3) is 10.9 Å². The number of aromatic nitrogens is 1. The highest BCUT2D eigenvalue weighted by molar-refractivity contribution is 5.81. The second-order valence-corrected chi connectivity index (χ2v) is 5.79. The summed E-state index contributed by atoms with van der Waals surface area (Å²) in [4.78, 5) is 7.03. The van der Waals surface area contributed by atoms with E-state index in [9.17, 15) is 5.11 Å². The van der Waals surface area contributed by atoms with Crippen LogP contribution in [0, 0.1) is 5.92 Å². The van der Waals surface area contributed by atoms with Crippen molar-refractivity contribution < 1.29 is 10.2 Å². The van der Waals surface area contributed by atoms with Gasteiger partial charge in [-0.15, -0.1) is 0 Å². The summed E-state index contributed by atoms with van der Waals surface area (Å²) in [5.74, 6) is 1.42. The number of aliphatic hydroxyl groups is 2. The lowest BCUT2D eigenvalue weighted by molar-refractivity contribution is 0.243. The van der Waals surface area contributed by atoms with Crippen LogP contribution in [0.2, 0.25) is 0 Å². The van der Waals surface area contributed by atoms with Crippen molar-refractivity contribution in [1.29, 1.82) is 0 Å². The van der Waals surface area contributed by atoms with Crippen LogP contribution in [-0.2, 0) is 6.61 Å². The van der Waals surface area contributed by atoms with Crippen molar-refractivity contribution >= 4 is 16.7 Å². The number of aliphatic hydroxyl groups excluding tert-OH is 2. The standard InChI is InChI=1S/C17H22N2O2/c20-9-7-13-4-3-8-19(11-13)17-15(12-21)10-14-5-1-2-6-16(14)18-17/h1-2,5-6,10,13,20-21H,3-4,7-9,11-12H2/t13-/m1/s1. The Morgan fingerprint density at radius 2 is 2.10 bits per heavy atom. The molecule has 4 nitrogen and oxygen atoms in total. The Morgan fingerprint density at radius 1 is 1.24 bits per heavy atom. The fourth-order valence-electron chi connectivity index (χ4n) is 3.22. The van der Waals surface area contributed by atoms with Gasteiger partial charge in [-0.1, -0.05) is 18.2 Å². The van der Waals surface area contributed by atoms with E-state index >= 15 is 0 Å². The number of fused-ring (bicyclic) bond motifs is 1. The molecule has 0 bridgehead atoms. The highest BCUT2D eigenvalue weighted by Crippen LogP contribution is 2.28. The summed E-state index contributed by atoms with van der Waals surface area (Å²) in [5.41, 5.74) is 1.85. The van der Waals surface area contributed by atoms with Gasteiger partial charge >= 0.3 is 0 Å². The van der Waals surface area contributed by atoms with Crippen molar-refractivity contribution in [3.63, 3.8) is 0 Å². The van der Waals surface area contributed by atoms with Crippen LogP contribution in [0.3, 0.4) is 0 Å². The van der Waals surface area contributed by atoms with E-state index in [0.717, 1.165) is 48.2 Å². The number of hydrogen-bond donors (Lipinski definition) is 2. The highest BCUT2D eigenvalue weighted by atomic mass is 16.3. The smallest absolute Gasteiger partial charge is 0.134 e.